The van der Waals surface area contributed by atoms with E-state index < -0.39 is 0 Å². The number of benzene rings is 1. The maximum atomic E-state index is 4.41. The van der Waals surface area contributed by atoms with E-state index in [9.17, 15) is 0 Å². The van der Waals surface area contributed by atoms with Crippen molar-refractivity contribution in [3.63, 3.8) is 0 Å². The number of hydrogen-bond donors (Lipinski definition) is 1. The van der Waals surface area contributed by atoms with E-state index >= 15 is 0 Å². The minimum Gasteiger partial charge on any atom is -0.317 e. The predicted molar refractivity (Wildman–Crippen MR) is 80.4 cm³/mol. The molecule has 0 aliphatic rings. The third kappa shape index (κ3) is 3.55. The molecule has 0 aliphatic heterocycles. The summed E-state index contributed by atoms with van der Waals surface area (Å²) >= 11 is 0. The molecule has 0 saturated heterocycles. The summed E-state index contributed by atoms with van der Waals surface area (Å²) in [5.74, 6) is 0. The smallest absolute Gasteiger partial charge is 0.0694 e. The first kappa shape index (κ1) is 13.6. The van der Waals surface area contributed by atoms with Gasteiger partial charge in [-0.1, -0.05) is 31.2 Å². The third-order valence-corrected chi connectivity index (χ3v) is 3.07. The topological polar surface area (TPSA) is 29.9 Å². The summed E-state index contributed by atoms with van der Waals surface area (Å²) in [6, 6.07) is 12.3. The van der Waals surface area contributed by atoms with Crippen LogP contribution in [-0.2, 0) is 0 Å². The van der Waals surface area contributed by atoms with E-state index in [1.165, 1.54) is 5.57 Å². The minimum atomic E-state index is 1.02. The fourth-order valence-electron chi connectivity index (χ4n) is 2.05. The molecule has 0 bridgehead atoms. The van der Waals surface area contributed by atoms with E-state index in [0.717, 1.165) is 30.9 Å². The normalized spacial score (nSPS) is 11.8. The van der Waals surface area contributed by atoms with Crippen LogP contribution in [0.4, 0.5) is 0 Å². The molecule has 3 nitrogen and oxygen atoms in total. The van der Waals surface area contributed by atoms with Gasteiger partial charge in [0.05, 0.1) is 17.6 Å². The van der Waals surface area contributed by atoms with Crippen LogP contribution in [0.15, 0.2) is 48.7 Å². The molecule has 3 heteroatoms. The Morgan fingerprint density at radius 2 is 2.05 bits per heavy atom. The van der Waals surface area contributed by atoms with Gasteiger partial charge in [-0.25, -0.2) is 4.68 Å². The SMILES string of the molecule is CCNCC/C=C(/C)c1ccnn1-c1ccccc1. The largest absolute Gasteiger partial charge is 0.317 e. The second kappa shape index (κ2) is 6.90. The fraction of sp³-hybridized carbons (Fsp3) is 0.312. The molecule has 0 fully saturated rings. The lowest BCUT2D eigenvalue weighted by molar-refractivity contribution is 0.726. The van der Waals surface area contributed by atoms with Crippen molar-refractivity contribution >= 4 is 5.57 Å². The molecule has 1 aromatic heterocycles. The zero-order chi connectivity index (χ0) is 13.5. The summed E-state index contributed by atoms with van der Waals surface area (Å²) in [5.41, 5.74) is 3.52. The van der Waals surface area contributed by atoms with Crippen LogP contribution in [0.2, 0.25) is 0 Å². The molecule has 0 atom stereocenters. The fourth-order valence-corrected chi connectivity index (χ4v) is 2.05. The quantitative estimate of drug-likeness (QED) is 0.803. The summed E-state index contributed by atoms with van der Waals surface area (Å²) in [6.45, 7) is 6.31. The molecular formula is C16H21N3. The number of nitrogens with zero attached hydrogens (tertiary/aromatic N) is 2. The molecule has 2 rings (SSSR count). The molecule has 1 aromatic carbocycles. The monoisotopic (exact) mass is 255 g/mol. The van der Waals surface area contributed by atoms with Gasteiger partial charge < -0.3 is 5.32 Å². The summed E-state index contributed by atoms with van der Waals surface area (Å²) < 4.78 is 1.99. The molecule has 0 unspecified atom stereocenters. The van der Waals surface area contributed by atoms with Gasteiger partial charge in [0.1, 0.15) is 0 Å². The molecule has 1 heterocycles. The molecule has 19 heavy (non-hydrogen) atoms. The van der Waals surface area contributed by atoms with Crippen LogP contribution in [0.3, 0.4) is 0 Å². The zero-order valence-electron chi connectivity index (χ0n) is 11.6. The molecule has 0 saturated carbocycles. The molecule has 2 aromatic rings. The highest BCUT2D eigenvalue weighted by atomic mass is 15.3. The summed E-state index contributed by atoms with van der Waals surface area (Å²) in [7, 11) is 0. The molecule has 1 N–H and O–H groups in total. The summed E-state index contributed by atoms with van der Waals surface area (Å²) in [4.78, 5) is 0. The third-order valence-electron chi connectivity index (χ3n) is 3.07. The molecule has 100 valence electrons. The van der Waals surface area contributed by atoms with Gasteiger partial charge in [0.25, 0.3) is 0 Å². The van der Waals surface area contributed by atoms with Crippen LogP contribution in [0.25, 0.3) is 11.3 Å². The number of para-hydroxylation sites is 1. The van der Waals surface area contributed by atoms with E-state index in [0.29, 0.717) is 0 Å². The Morgan fingerprint density at radius 1 is 1.26 bits per heavy atom. The highest BCUT2D eigenvalue weighted by molar-refractivity contribution is 5.62. The lowest BCUT2D eigenvalue weighted by Crippen LogP contribution is -2.13. The lowest BCUT2D eigenvalue weighted by Gasteiger charge is -2.08. The van der Waals surface area contributed by atoms with Crippen molar-refractivity contribution in [1.29, 1.82) is 0 Å². The van der Waals surface area contributed by atoms with Gasteiger partial charge in [-0.15, -0.1) is 0 Å². The van der Waals surface area contributed by atoms with Crippen molar-refractivity contribution in [3.05, 3.63) is 54.4 Å². The molecule has 0 amide bonds. The Labute approximate surface area is 115 Å². The van der Waals surface area contributed by atoms with Crippen molar-refractivity contribution in [1.82, 2.24) is 15.1 Å². The van der Waals surface area contributed by atoms with E-state index in [1.54, 1.807) is 0 Å². The molecule has 0 aliphatic carbocycles. The minimum absolute atomic E-state index is 1.02. The number of aromatic nitrogens is 2. The standard InChI is InChI=1S/C16H21N3/c1-3-17-12-7-8-14(2)16-11-13-18-19(16)15-9-5-4-6-10-15/h4-6,8-11,13,17H,3,7,12H2,1-2H3/b14-8-. The first-order valence-corrected chi connectivity index (χ1v) is 6.80. The Hall–Kier alpha value is -1.87. The van der Waals surface area contributed by atoms with Crippen molar-refractivity contribution in [2.45, 2.75) is 20.3 Å². The highest BCUT2D eigenvalue weighted by Gasteiger charge is 2.05. The van der Waals surface area contributed by atoms with Gasteiger partial charge >= 0.3 is 0 Å². The maximum Gasteiger partial charge on any atom is 0.0694 e. The number of hydrogen-bond acceptors (Lipinski definition) is 2. The Morgan fingerprint density at radius 3 is 2.79 bits per heavy atom. The number of nitrogens with one attached hydrogen (secondary N) is 1. The van der Waals surface area contributed by atoms with Gasteiger partial charge in [0.15, 0.2) is 0 Å². The Balaban J connectivity index is 2.15. The van der Waals surface area contributed by atoms with Crippen LogP contribution in [0, 0.1) is 0 Å². The lowest BCUT2D eigenvalue weighted by atomic mass is 10.1. The van der Waals surface area contributed by atoms with Crippen molar-refractivity contribution in [3.8, 4) is 5.69 Å². The first-order valence-electron chi connectivity index (χ1n) is 6.80. The van der Waals surface area contributed by atoms with E-state index in [2.05, 4.69) is 48.5 Å². The number of rotatable bonds is 6. The van der Waals surface area contributed by atoms with Crippen LogP contribution in [0.5, 0.6) is 0 Å². The average molecular weight is 255 g/mol. The Bertz CT molecular complexity index is 526. The van der Waals surface area contributed by atoms with Crippen molar-refractivity contribution < 1.29 is 0 Å². The highest BCUT2D eigenvalue weighted by Crippen LogP contribution is 2.18. The molecular weight excluding hydrogens is 234 g/mol. The van der Waals surface area contributed by atoms with Gasteiger partial charge in [-0.2, -0.15) is 5.10 Å². The van der Waals surface area contributed by atoms with E-state index in [1.807, 2.05) is 29.1 Å². The van der Waals surface area contributed by atoms with E-state index in [4.69, 9.17) is 0 Å². The van der Waals surface area contributed by atoms with Crippen LogP contribution in [-0.4, -0.2) is 22.9 Å². The van der Waals surface area contributed by atoms with Gasteiger partial charge in [-0.05, 0) is 50.2 Å². The molecule has 0 spiro atoms. The second-order valence-corrected chi connectivity index (χ2v) is 4.49. The second-order valence-electron chi connectivity index (χ2n) is 4.49. The van der Waals surface area contributed by atoms with Gasteiger partial charge in [0.2, 0.25) is 0 Å². The van der Waals surface area contributed by atoms with Crippen LogP contribution < -0.4 is 5.32 Å². The van der Waals surface area contributed by atoms with Crippen LogP contribution >= 0.6 is 0 Å². The van der Waals surface area contributed by atoms with Gasteiger partial charge in [-0.3, -0.25) is 0 Å². The van der Waals surface area contributed by atoms with Crippen LogP contribution in [0.1, 0.15) is 26.0 Å². The van der Waals surface area contributed by atoms with Crippen molar-refractivity contribution in [2.24, 2.45) is 0 Å². The zero-order valence-corrected chi connectivity index (χ0v) is 11.6. The predicted octanol–water partition coefficient (Wildman–Crippen LogP) is 3.28. The first-order chi connectivity index (χ1) is 9.33. The number of allylic oxidation sites excluding steroid dienone is 1. The maximum absolute atomic E-state index is 4.41. The Kier molecular flexibility index (Phi) is 4.93. The van der Waals surface area contributed by atoms with Gasteiger partial charge in [0, 0.05) is 0 Å². The average Bonchev–Trinajstić information content (AvgIpc) is 2.94. The van der Waals surface area contributed by atoms with E-state index in [-0.39, 0.29) is 0 Å². The molecule has 0 radical (unpaired) electrons. The van der Waals surface area contributed by atoms with Crippen molar-refractivity contribution in [2.75, 3.05) is 13.1 Å². The summed E-state index contributed by atoms with van der Waals surface area (Å²) in [6.07, 6.45) is 5.16. The summed E-state index contributed by atoms with van der Waals surface area (Å²) in [5, 5.41) is 7.74.